The number of carbonyl (C=O) groups is 1. The fourth-order valence-corrected chi connectivity index (χ4v) is 5.19. The van der Waals surface area contributed by atoms with E-state index in [0.29, 0.717) is 6.42 Å². The van der Waals surface area contributed by atoms with Gasteiger partial charge in [0.25, 0.3) is 0 Å². The Morgan fingerprint density at radius 1 is 0.575 bits per heavy atom. The normalized spacial score (nSPS) is 13.4. The van der Waals surface area contributed by atoms with Gasteiger partial charge in [-0.25, -0.2) is 0 Å². The van der Waals surface area contributed by atoms with Gasteiger partial charge in [-0.15, -0.1) is 0 Å². The fraction of sp³-hybridized carbons (Fsp3) is 0.861. The van der Waals surface area contributed by atoms with Gasteiger partial charge in [0.2, 0.25) is 5.91 Å². The third-order valence-corrected chi connectivity index (χ3v) is 7.94. The van der Waals surface area contributed by atoms with Crippen LogP contribution in [0.5, 0.6) is 0 Å². The first kappa shape index (κ1) is 38.9. The molecule has 2 atom stereocenters. The quantitative estimate of drug-likeness (QED) is 0.0580. The van der Waals surface area contributed by atoms with E-state index in [9.17, 15) is 15.0 Å². The molecule has 0 fully saturated rings. The Bertz CT molecular complexity index is 574. The molecule has 0 saturated carbocycles. The Kier molecular flexibility index (Phi) is 31.5. The molecule has 40 heavy (non-hydrogen) atoms. The number of hydrogen-bond donors (Lipinski definition) is 3. The topological polar surface area (TPSA) is 69.6 Å². The largest absolute Gasteiger partial charge is 0.394 e. The highest BCUT2D eigenvalue weighted by Gasteiger charge is 2.17. The van der Waals surface area contributed by atoms with Crippen molar-refractivity contribution in [3.8, 4) is 0 Å². The van der Waals surface area contributed by atoms with Crippen LogP contribution in [0, 0.1) is 0 Å². The average Bonchev–Trinajstić information content (AvgIpc) is 2.96. The lowest BCUT2D eigenvalue weighted by molar-refractivity contribution is -0.123. The Balaban J connectivity index is 3.68. The van der Waals surface area contributed by atoms with Crippen LogP contribution < -0.4 is 5.32 Å². The van der Waals surface area contributed by atoms with Crippen molar-refractivity contribution in [3.63, 3.8) is 0 Å². The number of amides is 1. The van der Waals surface area contributed by atoms with Crippen molar-refractivity contribution >= 4 is 5.91 Å². The fourth-order valence-electron chi connectivity index (χ4n) is 5.19. The summed E-state index contributed by atoms with van der Waals surface area (Å²) in [4.78, 5) is 12.3. The van der Waals surface area contributed by atoms with Crippen LogP contribution in [0.25, 0.3) is 0 Å². The molecule has 0 aromatic heterocycles. The maximum atomic E-state index is 12.3. The predicted octanol–water partition coefficient (Wildman–Crippen LogP) is 10.1. The zero-order chi connectivity index (χ0) is 29.4. The summed E-state index contributed by atoms with van der Waals surface area (Å²) in [5.74, 6) is -0.0750. The molecule has 4 nitrogen and oxygen atoms in total. The molecule has 0 aliphatic rings. The molecule has 2 unspecified atom stereocenters. The van der Waals surface area contributed by atoms with Crippen LogP contribution in [0.3, 0.4) is 0 Å². The summed E-state index contributed by atoms with van der Waals surface area (Å²) in [5.41, 5.74) is 0. The van der Waals surface area contributed by atoms with Crippen LogP contribution >= 0.6 is 0 Å². The molecule has 0 heterocycles. The Labute approximate surface area is 249 Å². The number of rotatable bonds is 31. The summed E-state index contributed by atoms with van der Waals surface area (Å²) in [6.07, 6.45) is 39.7. The van der Waals surface area contributed by atoms with Crippen LogP contribution in [0.2, 0.25) is 0 Å². The highest BCUT2D eigenvalue weighted by Crippen LogP contribution is 2.13. The maximum Gasteiger partial charge on any atom is 0.220 e. The SMILES string of the molecule is CCCCCCCCCCC/C=C/CC/C=C/C(O)C(CO)NC(=O)CCCCCCCCCCCCCCC. The second-order valence-corrected chi connectivity index (χ2v) is 11.9. The molecule has 0 aliphatic carbocycles. The van der Waals surface area contributed by atoms with E-state index in [1.54, 1.807) is 6.08 Å². The van der Waals surface area contributed by atoms with Crippen LogP contribution in [0.4, 0.5) is 0 Å². The number of carbonyl (C=O) groups excluding carboxylic acids is 1. The molecule has 4 heteroatoms. The van der Waals surface area contributed by atoms with Gasteiger partial charge in [-0.1, -0.05) is 167 Å². The zero-order valence-corrected chi connectivity index (χ0v) is 26.9. The summed E-state index contributed by atoms with van der Waals surface area (Å²) in [5, 5.41) is 22.8. The van der Waals surface area contributed by atoms with Crippen molar-refractivity contribution in [2.75, 3.05) is 6.61 Å². The molecule has 0 bridgehead atoms. The molecule has 0 radical (unpaired) electrons. The third kappa shape index (κ3) is 28.4. The van der Waals surface area contributed by atoms with Crippen molar-refractivity contribution in [3.05, 3.63) is 24.3 Å². The molecule has 0 aromatic carbocycles. The number of allylic oxidation sites excluding steroid dienone is 3. The van der Waals surface area contributed by atoms with Crippen molar-refractivity contribution < 1.29 is 15.0 Å². The van der Waals surface area contributed by atoms with E-state index >= 15 is 0 Å². The number of unbranched alkanes of at least 4 members (excludes halogenated alkanes) is 22. The van der Waals surface area contributed by atoms with E-state index in [4.69, 9.17) is 0 Å². The molecule has 236 valence electrons. The van der Waals surface area contributed by atoms with E-state index in [1.807, 2.05) is 6.08 Å². The van der Waals surface area contributed by atoms with Crippen LogP contribution in [-0.4, -0.2) is 34.9 Å². The summed E-state index contributed by atoms with van der Waals surface area (Å²) in [6, 6.07) is -0.632. The molecular formula is C36H69NO3. The minimum atomic E-state index is -0.855. The van der Waals surface area contributed by atoms with Crippen LogP contribution in [0.1, 0.15) is 181 Å². The second kappa shape index (κ2) is 32.4. The molecule has 1 amide bonds. The van der Waals surface area contributed by atoms with Gasteiger partial charge < -0.3 is 15.5 Å². The highest BCUT2D eigenvalue weighted by atomic mass is 16.3. The van der Waals surface area contributed by atoms with Crippen LogP contribution in [-0.2, 0) is 4.79 Å². The number of nitrogens with one attached hydrogen (secondary N) is 1. The number of aliphatic hydroxyl groups is 2. The molecule has 3 N–H and O–H groups in total. The standard InChI is InChI=1S/C36H69NO3/c1-3-5-7-9-11-13-15-17-18-20-21-23-25-27-29-31-35(39)34(33-38)37-36(40)32-30-28-26-24-22-19-16-14-12-10-8-6-4-2/h21,23,29,31,34-35,38-39H,3-20,22,24-28,30,32-33H2,1-2H3,(H,37,40)/b23-21+,31-29+. The Morgan fingerprint density at radius 2 is 0.975 bits per heavy atom. The monoisotopic (exact) mass is 564 g/mol. The predicted molar refractivity (Wildman–Crippen MR) is 175 cm³/mol. The van der Waals surface area contributed by atoms with Gasteiger partial charge in [-0.2, -0.15) is 0 Å². The van der Waals surface area contributed by atoms with Crippen molar-refractivity contribution in [2.24, 2.45) is 0 Å². The summed E-state index contributed by atoms with van der Waals surface area (Å²) in [6.45, 7) is 4.28. The maximum absolute atomic E-state index is 12.3. The average molecular weight is 564 g/mol. The summed E-state index contributed by atoms with van der Waals surface area (Å²) in [7, 11) is 0. The van der Waals surface area contributed by atoms with Crippen molar-refractivity contribution in [1.82, 2.24) is 5.32 Å². The first-order chi connectivity index (χ1) is 19.7. The van der Waals surface area contributed by atoms with Gasteiger partial charge in [-0.3, -0.25) is 4.79 Å². The number of hydrogen-bond acceptors (Lipinski definition) is 3. The van der Waals surface area contributed by atoms with E-state index in [-0.39, 0.29) is 12.5 Å². The highest BCUT2D eigenvalue weighted by molar-refractivity contribution is 5.76. The minimum absolute atomic E-state index is 0.0750. The number of aliphatic hydroxyl groups excluding tert-OH is 2. The van der Waals surface area contributed by atoms with Gasteiger partial charge in [0.1, 0.15) is 0 Å². The summed E-state index contributed by atoms with van der Waals surface area (Å²) < 4.78 is 0. The van der Waals surface area contributed by atoms with Gasteiger partial charge >= 0.3 is 0 Å². The van der Waals surface area contributed by atoms with E-state index in [1.165, 1.54) is 128 Å². The Morgan fingerprint density at radius 3 is 1.45 bits per heavy atom. The van der Waals surface area contributed by atoms with E-state index in [0.717, 1.165) is 32.1 Å². The van der Waals surface area contributed by atoms with Gasteiger partial charge in [0.05, 0.1) is 18.8 Å². The summed E-state index contributed by atoms with van der Waals surface area (Å²) >= 11 is 0. The third-order valence-electron chi connectivity index (χ3n) is 7.94. The molecule has 0 aromatic rings. The first-order valence-corrected chi connectivity index (χ1v) is 17.6. The molecule has 0 saturated heterocycles. The second-order valence-electron chi connectivity index (χ2n) is 11.9. The molecule has 0 spiro atoms. The van der Waals surface area contributed by atoms with Crippen molar-refractivity contribution in [1.29, 1.82) is 0 Å². The van der Waals surface area contributed by atoms with Gasteiger partial charge in [-0.05, 0) is 32.1 Å². The first-order valence-electron chi connectivity index (χ1n) is 17.6. The molecular weight excluding hydrogens is 494 g/mol. The lowest BCUT2D eigenvalue weighted by atomic mass is 10.0. The Hall–Kier alpha value is -1.13. The van der Waals surface area contributed by atoms with Crippen molar-refractivity contribution in [2.45, 2.75) is 193 Å². The lowest BCUT2D eigenvalue weighted by Crippen LogP contribution is -2.45. The van der Waals surface area contributed by atoms with Crippen LogP contribution in [0.15, 0.2) is 24.3 Å². The smallest absolute Gasteiger partial charge is 0.220 e. The minimum Gasteiger partial charge on any atom is -0.394 e. The van der Waals surface area contributed by atoms with Gasteiger partial charge in [0, 0.05) is 6.42 Å². The van der Waals surface area contributed by atoms with Gasteiger partial charge in [0.15, 0.2) is 0 Å². The zero-order valence-electron chi connectivity index (χ0n) is 26.9. The lowest BCUT2D eigenvalue weighted by Gasteiger charge is -2.19. The van der Waals surface area contributed by atoms with E-state index in [2.05, 4.69) is 31.3 Å². The molecule has 0 rings (SSSR count). The van der Waals surface area contributed by atoms with E-state index < -0.39 is 12.1 Å². The molecule has 0 aliphatic heterocycles.